The van der Waals surface area contributed by atoms with Gasteiger partial charge in [0.1, 0.15) is 0 Å². The lowest BCUT2D eigenvalue weighted by Gasteiger charge is -2.41. The number of likely N-dealkylation sites (tertiary alicyclic amines) is 1. The Labute approximate surface area is 94.2 Å². The number of nitrogens with zero attached hydrogens (tertiary/aromatic N) is 1. The van der Waals surface area contributed by atoms with Gasteiger partial charge in [-0.25, -0.2) is 0 Å². The zero-order chi connectivity index (χ0) is 10.8. The van der Waals surface area contributed by atoms with Crippen molar-refractivity contribution in [2.24, 2.45) is 17.6 Å². The van der Waals surface area contributed by atoms with E-state index in [1.54, 1.807) is 0 Å². The monoisotopic (exact) mass is 210 g/mol. The molecule has 0 spiro atoms. The number of nitrogens with two attached hydrogens (primary N) is 1. The van der Waals surface area contributed by atoms with Crippen molar-refractivity contribution >= 4 is 0 Å². The Kier molecular flexibility index (Phi) is 3.68. The van der Waals surface area contributed by atoms with Crippen LogP contribution < -0.4 is 5.73 Å². The lowest BCUT2D eigenvalue weighted by molar-refractivity contribution is 0.0958. The van der Waals surface area contributed by atoms with E-state index < -0.39 is 0 Å². The van der Waals surface area contributed by atoms with E-state index in [0.717, 1.165) is 5.92 Å². The predicted molar refractivity (Wildman–Crippen MR) is 64.7 cm³/mol. The van der Waals surface area contributed by atoms with Gasteiger partial charge < -0.3 is 10.6 Å². The lowest BCUT2D eigenvalue weighted by atomic mass is 9.87. The number of rotatable bonds is 4. The van der Waals surface area contributed by atoms with Crippen LogP contribution in [-0.2, 0) is 0 Å². The molecule has 2 rings (SSSR count). The van der Waals surface area contributed by atoms with Gasteiger partial charge in [0.15, 0.2) is 0 Å². The zero-order valence-electron chi connectivity index (χ0n) is 10.3. The van der Waals surface area contributed by atoms with Gasteiger partial charge in [0.25, 0.3) is 0 Å². The van der Waals surface area contributed by atoms with E-state index in [9.17, 15) is 0 Å². The molecule has 2 nitrogen and oxygen atoms in total. The molecule has 1 saturated heterocycles. The van der Waals surface area contributed by atoms with Gasteiger partial charge >= 0.3 is 0 Å². The molecule has 0 bridgehead atoms. The van der Waals surface area contributed by atoms with Crippen LogP contribution in [-0.4, -0.2) is 30.1 Å². The van der Waals surface area contributed by atoms with Crippen LogP contribution in [0.25, 0.3) is 0 Å². The Balaban J connectivity index is 1.71. The molecule has 2 fully saturated rings. The smallest absolute Gasteiger partial charge is 0.0107 e. The number of hydrogen-bond acceptors (Lipinski definition) is 2. The second-order valence-electron chi connectivity index (χ2n) is 5.67. The molecular weight excluding hydrogens is 184 g/mol. The highest BCUT2D eigenvalue weighted by Gasteiger charge is 2.30. The average Bonchev–Trinajstić information content (AvgIpc) is 3.02. The fourth-order valence-electron chi connectivity index (χ4n) is 2.78. The summed E-state index contributed by atoms with van der Waals surface area (Å²) >= 11 is 0. The summed E-state index contributed by atoms with van der Waals surface area (Å²) in [5, 5.41) is 0. The molecule has 0 aromatic heterocycles. The Morgan fingerprint density at radius 1 is 1.20 bits per heavy atom. The van der Waals surface area contributed by atoms with Gasteiger partial charge in [-0.1, -0.05) is 19.8 Å². The summed E-state index contributed by atoms with van der Waals surface area (Å²) < 4.78 is 0. The molecule has 1 aliphatic carbocycles. The molecule has 1 aliphatic heterocycles. The van der Waals surface area contributed by atoms with Crippen LogP contribution in [0.15, 0.2) is 0 Å². The SMILES string of the molecule is CC1C(N)CCN(CCCC2CC2)C1C. The highest BCUT2D eigenvalue weighted by atomic mass is 15.2. The molecule has 88 valence electrons. The Hall–Kier alpha value is -0.0800. The van der Waals surface area contributed by atoms with Gasteiger partial charge in [-0.2, -0.15) is 0 Å². The Morgan fingerprint density at radius 2 is 1.93 bits per heavy atom. The van der Waals surface area contributed by atoms with E-state index in [1.165, 1.54) is 45.2 Å². The minimum absolute atomic E-state index is 0.430. The maximum Gasteiger partial charge on any atom is 0.0107 e. The van der Waals surface area contributed by atoms with Crippen LogP contribution in [0.3, 0.4) is 0 Å². The van der Waals surface area contributed by atoms with Gasteiger partial charge in [-0.15, -0.1) is 0 Å². The van der Waals surface area contributed by atoms with Crippen molar-refractivity contribution in [3.63, 3.8) is 0 Å². The van der Waals surface area contributed by atoms with Gasteiger partial charge in [-0.3, -0.25) is 0 Å². The average molecular weight is 210 g/mol. The Morgan fingerprint density at radius 3 is 2.60 bits per heavy atom. The summed E-state index contributed by atoms with van der Waals surface area (Å²) in [6.45, 7) is 7.18. The molecule has 0 amide bonds. The fourth-order valence-corrected chi connectivity index (χ4v) is 2.78. The second-order valence-corrected chi connectivity index (χ2v) is 5.67. The summed E-state index contributed by atoms with van der Waals surface area (Å²) in [4.78, 5) is 2.65. The molecule has 2 N–H and O–H groups in total. The summed E-state index contributed by atoms with van der Waals surface area (Å²) in [7, 11) is 0. The van der Waals surface area contributed by atoms with E-state index in [-0.39, 0.29) is 0 Å². The van der Waals surface area contributed by atoms with Crippen LogP contribution in [0, 0.1) is 11.8 Å². The molecule has 3 atom stereocenters. The molecule has 2 aliphatic rings. The van der Waals surface area contributed by atoms with Crippen molar-refractivity contribution in [2.75, 3.05) is 13.1 Å². The predicted octanol–water partition coefficient (Wildman–Crippen LogP) is 2.23. The molecule has 1 saturated carbocycles. The molecule has 1 heterocycles. The van der Waals surface area contributed by atoms with Gasteiger partial charge in [0, 0.05) is 12.1 Å². The maximum atomic E-state index is 6.09. The normalized spacial score (nSPS) is 38.2. The first-order valence-electron chi connectivity index (χ1n) is 6.68. The van der Waals surface area contributed by atoms with E-state index >= 15 is 0 Å². The number of piperidine rings is 1. The van der Waals surface area contributed by atoms with Crippen molar-refractivity contribution in [1.82, 2.24) is 4.90 Å². The van der Waals surface area contributed by atoms with Crippen molar-refractivity contribution < 1.29 is 0 Å². The molecule has 2 heteroatoms. The second kappa shape index (κ2) is 4.84. The van der Waals surface area contributed by atoms with Gasteiger partial charge in [-0.05, 0) is 51.1 Å². The fraction of sp³-hybridized carbons (Fsp3) is 1.00. The van der Waals surface area contributed by atoms with E-state index in [2.05, 4.69) is 18.7 Å². The first-order valence-corrected chi connectivity index (χ1v) is 6.68. The van der Waals surface area contributed by atoms with Crippen molar-refractivity contribution in [2.45, 2.75) is 58.0 Å². The van der Waals surface area contributed by atoms with Crippen molar-refractivity contribution in [3.8, 4) is 0 Å². The van der Waals surface area contributed by atoms with Crippen LogP contribution in [0.4, 0.5) is 0 Å². The third kappa shape index (κ3) is 2.94. The minimum atomic E-state index is 0.430. The van der Waals surface area contributed by atoms with E-state index in [1.807, 2.05) is 0 Å². The summed E-state index contributed by atoms with van der Waals surface area (Å²) in [5.74, 6) is 1.75. The van der Waals surface area contributed by atoms with Crippen LogP contribution in [0.2, 0.25) is 0 Å². The van der Waals surface area contributed by atoms with Crippen molar-refractivity contribution in [3.05, 3.63) is 0 Å². The summed E-state index contributed by atoms with van der Waals surface area (Å²) in [6, 6.07) is 1.12. The zero-order valence-corrected chi connectivity index (χ0v) is 10.3. The van der Waals surface area contributed by atoms with Gasteiger partial charge in [0.05, 0.1) is 0 Å². The molecule has 0 radical (unpaired) electrons. The van der Waals surface area contributed by atoms with Crippen LogP contribution >= 0.6 is 0 Å². The maximum absolute atomic E-state index is 6.09. The van der Waals surface area contributed by atoms with Crippen molar-refractivity contribution in [1.29, 1.82) is 0 Å². The first kappa shape index (κ1) is 11.4. The van der Waals surface area contributed by atoms with Gasteiger partial charge in [0.2, 0.25) is 0 Å². The number of hydrogen-bond donors (Lipinski definition) is 1. The first-order chi connectivity index (χ1) is 7.18. The molecule has 15 heavy (non-hydrogen) atoms. The molecular formula is C13H26N2. The van der Waals surface area contributed by atoms with E-state index in [4.69, 9.17) is 5.73 Å². The third-order valence-corrected chi connectivity index (χ3v) is 4.52. The quantitative estimate of drug-likeness (QED) is 0.771. The van der Waals surface area contributed by atoms with Crippen LogP contribution in [0.1, 0.15) is 46.0 Å². The highest BCUT2D eigenvalue weighted by Crippen LogP contribution is 2.33. The Bertz CT molecular complexity index is 201. The topological polar surface area (TPSA) is 29.3 Å². The highest BCUT2D eigenvalue weighted by molar-refractivity contribution is 4.86. The molecule has 0 aromatic rings. The third-order valence-electron chi connectivity index (χ3n) is 4.52. The summed E-state index contributed by atoms with van der Waals surface area (Å²) in [6.07, 6.45) is 7.04. The van der Waals surface area contributed by atoms with E-state index in [0.29, 0.717) is 18.0 Å². The molecule has 3 unspecified atom stereocenters. The standard InChI is InChI=1S/C13H26N2/c1-10-11(2)15(9-7-13(10)14)8-3-4-12-5-6-12/h10-13H,3-9,14H2,1-2H3. The summed E-state index contributed by atoms with van der Waals surface area (Å²) in [5.41, 5.74) is 6.09. The molecule has 0 aromatic carbocycles. The largest absolute Gasteiger partial charge is 0.327 e. The lowest BCUT2D eigenvalue weighted by Crippen LogP contribution is -2.51. The van der Waals surface area contributed by atoms with Crippen LogP contribution in [0.5, 0.6) is 0 Å². The minimum Gasteiger partial charge on any atom is -0.327 e.